The second-order valence-electron chi connectivity index (χ2n) is 5.53. The van der Waals surface area contributed by atoms with E-state index in [2.05, 4.69) is 15.6 Å². The first-order valence-electron chi connectivity index (χ1n) is 7.36. The molecule has 0 saturated heterocycles. The third kappa shape index (κ3) is 4.69. The number of nitrogens with zero attached hydrogens (tertiary/aromatic N) is 1. The van der Waals surface area contributed by atoms with Gasteiger partial charge >= 0.3 is 0 Å². The maximum absolute atomic E-state index is 12.5. The molecule has 1 heterocycles. The van der Waals surface area contributed by atoms with Crippen molar-refractivity contribution in [2.75, 3.05) is 5.32 Å². The molecule has 126 valence electrons. The first-order valence-corrected chi connectivity index (χ1v) is 8.12. The van der Waals surface area contributed by atoms with Crippen molar-refractivity contribution in [2.45, 2.75) is 19.9 Å². The SMILES string of the molecule is CC(C)C(NC(=O)c1ccccc1Cl)C(=O)Nc1ccc(Cl)cn1. The summed E-state index contributed by atoms with van der Waals surface area (Å²) >= 11 is 11.8. The van der Waals surface area contributed by atoms with Crippen LogP contribution in [0, 0.1) is 5.92 Å². The summed E-state index contributed by atoms with van der Waals surface area (Å²) in [7, 11) is 0. The Morgan fingerprint density at radius 1 is 1.08 bits per heavy atom. The summed E-state index contributed by atoms with van der Waals surface area (Å²) in [6.07, 6.45) is 1.43. The summed E-state index contributed by atoms with van der Waals surface area (Å²) in [5.41, 5.74) is 0.322. The lowest BCUT2D eigenvalue weighted by molar-refractivity contribution is -0.118. The van der Waals surface area contributed by atoms with Crippen molar-refractivity contribution in [2.24, 2.45) is 5.92 Å². The summed E-state index contributed by atoms with van der Waals surface area (Å²) in [6.45, 7) is 3.68. The third-order valence-electron chi connectivity index (χ3n) is 3.33. The number of benzene rings is 1. The van der Waals surface area contributed by atoms with Gasteiger partial charge < -0.3 is 10.6 Å². The first kappa shape index (κ1) is 18.2. The van der Waals surface area contributed by atoms with E-state index in [-0.39, 0.29) is 11.8 Å². The Balaban J connectivity index is 2.11. The van der Waals surface area contributed by atoms with Crippen molar-refractivity contribution in [3.05, 3.63) is 58.2 Å². The number of amides is 2. The lowest BCUT2D eigenvalue weighted by Crippen LogP contribution is -2.47. The fraction of sp³-hybridized carbons (Fsp3) is 0.235. The molecule has 0 aliphatic carbocycles. The smallest absolute Gasteiger partial charge is 0.253 e. The minimum atomic E-state index is -0.730. The van der Waals surface area contributed by atoms with Gasteiger partial charge in [0.05, 0.1) is 15.6 Å². The lowest BCUT2D eigenvalue weighted by Gasteiger charge is -2.21. The zero-order valence-corrected chi connectivity index (χ0v) is 14.7. The summed E-state index contributed by atoms with van der Waals surface area (Å²) in [5.74, 6) is -0.524. The molecule has 5 nitrogen and oxygen atoms in total. The second-order valence-corrected chi connectivity index (χ2v) is 6.37. The standard InChI is InChI=1S/C17H17Cl2N3O2/c1-10(2)15(17(24)21-14-8-7-11(18)9-20-14)22-16(23)12-5-3-4-6-13(12)19/h3-10,15H,1-2H3,(H,22,23)(H,20,21,24). The zero-order chi connectivity index (χ0) is 17.7. The van der Waals surface area contributed by atoms with Crippen molar-refractivity contribution < 1.29 is 9.59 Å². The highest BCUT2D eigenvalue weighted by Crippen LogP contribution is 2.16. The van der Waals surface area contributed by atoms with Crippen LogP contribution < -0.4 is 10.6 Å². The average molecular weight is 366 g/mol. The summed E-state index contributed by atoms with van der Waals surface area (Å²) in [4.78, 5) is 28.8. The topological polar surface area (TPSA) is 71.1 Å². The van der Waals surface area contributed by atoms with Crippen molar-refractivity contribution in [1.82, 2.24) is 10.3 Å². The molecule has 1 aromatic carbocycles. The van der Waals surface area contributed by atoms with E-state index in [1.807, 2.05) is 13.8 Å². The number of rotatable bonds is 5. The van der Waals surface area contributed by atoms with Gasteiger partial charge in [-0.3, -0.25) is 9.59 Å². The Morgan fingerprint density at radius 3 is 2.38 bits per heavy atom. The highest BCUT2D eigenvalue weighted by atomic mass is 35.5. The number of anilines is 1. The molecule has 0 fully saturated rings. The highest BCUT2D eigenvalue weighted by Gasteiger charge is 2.25. The molecule has 0 spiro atoms. The van der Waals surface area contributed by atoms with E-state index < -0.39 is 11.9 Å². The molecule has 0 bridgehead atoms. The van der Waals surface area contributed by atoms with Crippen molar-refractivity contribution in [3.8, 4) is 0 Å². The lowest BCUT2D eigenvalue weighted by atomic mass is 10.0. The number of carbonyl (C=O) groups excluding carboxylic acids is 2. The average Bonchev–Trinajstić information content (AvgIpc) is 2.54. The van der Waals surface area contributed by atoms with E-state index in [1.54, 1.807) is 36.4 Å². The number of hydrogen-bond acceptors (Lipinski definition) is 3. The molecule has 1 atom stereocenters. The van der Waals surface area contributed by atoms with Crippen LogP contribution in [0.15, 0.2) is 42.6 Å². The predicted octanol–water partition coefficient (Wildman–Crippen LogP) is 3.78. The molecule has 0 aliphatic rings. The number of nitrogens with one attached hydrogen (secondary N) is 2. The van der Waals surface area contributed by atoms with Crippen LogP contribution in [0.4, 0.5) is 5.82 Å². The third-order valence-corrected chi connectivity index (χ3v) is 3.89. The largest absolute Gasteiger partial charge is 0.340 e. The van der Waals surface area contributed by atoms with Gasteiger partial charge in [-0.05, 0) is 30.2 Å². The van der Waals surface area contributed by atoms with E-state index in [9.17, 15) is 9.59 Å². The van der Waals surface area contributed by atoms with Crippen molar-refractivity contribution in [3.63, 3.8) is 0 Å². The van der Waals surface area contributed by atoms with Gasteiger partial charge in [0.2, 0.25) is 5.91 Å². The Labute approximate surface area is 150 Å². The molecule has 2 aromatic rings. The Hall–Kier alpha value is -2.11. The molecule has 0 aliphatic heterocycles. The molecule has 2 rings (SSSR count). The summed E-state index contributed by atoms with van der Waals surface area (Å²) in [6, 6.07) is 9.16. The number of hydrogen-bond donors (Lipinski definition) is 2. The minimum Gasteiger partial charge on any atom is -0.340 e. The van der Waals surface area contributed by atoms with Crippen LogP contribution in [-0.2, 0) is 4.79 Å². The van der Waals surface area contributed by atoms with E-state index >= 15 is 0 Å². The predicted molar refractivity (Wildman–Crippen MR) is 95.4 cm³/mol. The highest BCUT2D eigenvalue weighted by molar-refractivity contribution is 6.33. The molecule has 24 heavy (non-hydrogen) atoms. The quantitative estimate of drug-likeness (QED) is 0.846. The summed E-state index contributed by atoms with van der Waals surface area (Å²) in [5, 5.41) is 6.18. The van der Waals surface area contributed by atoms with E-state index in [4.69, 9.17) is 23.2 Å². The van der Waals surface area contributed by atoms with E-state index in [0.29, 0.717) is 21.4 Å². The molecule has 1 aromatic heterocycles. The molecular formula is C17H17Cl2N3O2. The fourth-order valence-corrected chi connectivity index (χ4v) is 2.39. The number of halogens is 2. The molecule has 2 N–H and O–H groups in total. The number of carbonyl (C=O) groups is 2. The summed E-state index contributed by atoms with van der Waals surface area (Å²) < 4.78 is 0. The monoisotopic (exact) mass is 365 g/mol. The van der Waals surface area contributed by atoms with Gasteiger partial charge in [0.1, 0.15) is 11.9 Å². The second kappa shape index (κ2) is 8.13. The number of aromatic nitrogens is 1. The molecule has 2 amide bonds. The molecule has 1 unspecified atom stereocenters. The van der Waals surface area contributed by atoms with Crippen LogP contribution in [0.5, 0.6) is 0 Å². The Morgan fingerprint density at radius 2 is 1.79 bits per heavy atom. The van der Waals surface area contributed by atoms with Crippen LogP contribution in [-0.4, -0.2) is 22.8 Å². The molecule has 0 radical (unpaired) electrons. The fourth-order valence-electron chi connectivity index (χ4n) is 2.05. The molecule has 7 heteroatoms. The van der Waals surface area contributed by atoms with Crippen LogP contribution in [0.2, 0.25) is 10.0 Å². The zero-order valence-electron chi connectivity index (χ0n) is 13.2. The van der Waals surface area contributed by atoms with Crippen molar-refractivity contribution >= 4 is 40.8 Å². The molecule has 0 saturated carbocycles. The van der Waals surface area contributed by atoms with Gasteiger partial charge in [-0.1, -0.05) is 49.2 Å². The van der Waals surface area contributed by atoms with Gasteiger partial charge in [-0.25, -0.2) is 4.98 Å². The van der Waals surface area contributed by atoms with Gasteiger partial charge in [-0.15, -0.1) is 0 Å². The first-order chi connectivity index (χ1) is 11.4. The number of pyridine rings is 1. The van der Waals surface area contributed by atoms with Gasteiger partial charge in [0.15, 0.2) is 0 Å². The molecular weight excluding hydrogens is 349 g/mol. The van der Waals surface area contributed by atoms with Crippen LogP contribution in [0.1, 0.15) is 24.2 Å². The normalized spacial score (nSPS) is 11.9. The maximum Gasteiger partial charge on any atom is 0.253 e. The van der Waals surface area contributed by atoms with Gasteiger partial charge in [-0.2, -0.15) is 0 Å². The van der Waals surface area contributed by atoms with Crippen LogP contribution in [0.25, 0.3) is 0 Å². The van der Waals surface area contributed by atoms with E-state index in [1.165, 1.54) is 6.20 Å². The van der Waals surface area contributed by atoms with E-state index in [0.717, 1.165) is 0 Å². The van der Waals surface area contributed by atoms with Crippen LogP contribution >= 0.6 is 23.2 Å². The Kier molecular flexibility index (Phi) is 6.17. The maximum atomic E-state index is 12.5. The van der Waals surface area contributed by atoms with Crippen molar-refractivity contribution in [1.29, 1.82) is 0 Å². The minimum absolute atomic E-state index is 0.122. The van der Waals surface area contributed by atoms with Gasteiger partial charge in [0, 0.05) is 6.20 Å². The Bertz CT molecular complexity index is 733. The van der Waals surface area contributed by atoms with Crippen LogP contribution in [0.3, 0.4) is 0 Å². The van der Waals surface area contributed by atoms with Gasteiger partial charge in [0.25, 0.3) is 5.91 Å².